The number of hydrogen-bond donors (Lipinski definition) is 2. The van der Waals surface area contributed by atoms with Gasteiger partial charge in [-0.2, -0.15) is 5.26 Å². The monoisotopic (exact) mass is 633 g/mol. The van der Waals surface area contributed by atoms with Gasteiger partial charge in [0.25, 0.3) is 0 Å². The van der Waals surface area contributed by atoms with Crippen LogP contribution in [-0.2, 0) is 4.74 Å². The first-order chi connectivity index (χ1) is 18.8. The zero-order valence-corrected chi connectivity index (χ0v) is 23.7. The molecule has 2 aromatic carbocycles. The predicted molar refractivity (Wildman–Crippen MR) is 147 cm³/mol. The molecule has 1 amide bonds. The lowest BCUT2D eigenvalue weighted by atomic mass is 9.83. The Morgan fingerprint density at radius 3 is 2.74 bits per heavy atom. The minimum Gasteiger partial charge on any atom is -0.490 e. The number of nitrogens with zero attached hydrogens (tertiary/aromatic N) is 3. The molecule has 3 aromatic rings. The van der Waals surface area contributed by atoms with Gasteiger partial charge in [-0.25, -0.2) is 4.79 Å². The molecule has 0 radical (unpaired) electrons. The standard InChI is InChI=1S/C26H22BrCl2N5O5/c1-2-37-19-11-14(9-16(27)23(19)38-26(35)34-5-7-36-8-6-34)20-15(12-30)24(31)39-25-21(20)22(32-33-25)13-3-4-17(28)18(29)10-13/h3-4,9-11,20H,2,5-8,31H2,1H3,(H,32,33)/t20-/m0/s1. The molecule has 202 valence electrons. The highest BCUT2D eigenvalue weighted by Crippen LogP contribution is 2.49. The molecule has 5 rings (SSSR count). The Balaban J connectivity index is 1.61. The quantitative estimate of drug-likeness (QED) is 0.371. The second-order valence-electron chi connectivity index (χ2n) is 8.60. The number of aromatic nitrogens is 2. The van der Waals surface area contributed by atoms with E-state index in [1.54, 1.807) is 35.2 Å². The van der Waals surface area contributed by atoms with E-state index in [0.29, 0.717) is 75.6 Å². The average molecular weight is 635 g/mol. The summed E-state index contributed by atoms with van der Waals surface area (Å²) >= 11 is 15.9. The Bertz CT molecular complexity index is 1510. The molecular weight excluding hydrogens is 613 g/mol. The zero-order valence-electron chi connectivity index (χ0n) is 20.6. The van der Waals surface area contributed by atoms with E-state index in [9.17, 15) is 10.1 Å². The number of morpholine rings is 1. The Morgan fingerprint density at radius 1 is 1.28 bits per heavy atom. The molecule has 10 nitrogen and oxygen atoms in total. The van der Waals surface area contributed by atoms with Gasteiger partial charge >= 0.3 is 6.09 Å². The number of fused-ring (bicyclic) bond motifs is 1. The van der Waals surface area contributed by atoms with E-state index in [2.05, 4.69) is 32.2 Å². The minimum atomic E-state index is -0.693. The number of aromatic amines is 1. The van der Waals surface area contributed by atoms with Gasteiger partial charge in [-0.3, -0.25) is 5.10 Å². The van der Waals surface area contributed by atoms with Crippen molar-refractivity contribution in [3.63, 3.8) is 0 Å². The van der Waals surface area contributed by atoms with Crippen LogP contribution < -0.4 is 19.9 Å². The van der Waals surface area contributed by atoms with Crippen LogP contribution in [0.5, 0.6) is 17.4 Å². The Labute approximate surface area is 242 Å². The summed E-state index contributed by atoms with van der Waals surface area (Å²) in [7, 11) is 0. The first kappa shape index (κ1) is 27.1. The molecule has 1 saturated heterocycles. The van der Waals surface area contributed by atoms with Gasteiger partial charge in [0.15, 0.2) is 11.5 Å². The van der Waals surface area contributed by atoms with E-state index in [4.69, 9.17) is 47.9 Å². The van der Waals surface area contributed by atoms with Crippen LogP contribution in [0.2, 0.25) is 10.0 Å². The summed E-state index contributed by atoms with van der Waals surface area (Å²) in [4.78, 5) is 14.4. The Kier molecular flexibility index (Phi) is 7.91. The van der Waals surface area contributed by atoms with Gasteiger partial charge in [-0.15, -0.1) is 5.10 Å². The maximum absolute atomic E-state index is 12.8. The van der Waals surface area contributed by atoms with Crippen molar-refractivity contribution in [2.45, 2.75) is 12.8 Å². The smallest absolute Gasteiger partial charge is 0.415 e. The number of allylic oxidation sites excluding steroid dienone is 1. The first-order valence-electron chi connectivity index (χ1n) is 11.9. The summed E-state index contributed by atoms with van der Waals surface area (Å²) in [5, 5.41) is 18.1. The maximum Gasteiger partial charge on any atom is 0.415 e. The van der Waals surface area contributed by atoms with E-state index < -0.39 is 12.0 Å². The molecule has 0 saturated carbocycles. The maximum atomic E-state index is 12.8. The normalized spacial score (nSPS) is 16.8. The molecule has 0 bridgehead atoms. The summed E-state index contributed by atoms with van der Waals surface area (Å²) in [6.07, 6.45) is -0.514. The van der Waals surface area contributed by atoms with Crippen molar-refractivity contribution < 1.29 is 23.7 Å². The molecular formula is C26H22BrCl2N5O5. The van der Waals surface area contributed by atoms with Crippen LogP contribution in [-0.4, -0.2) is 54.1 Å². The molecule has 2 aliphatic rings. The third-order valence-electron chi connectivity index (χ3n) is 6.27. The van der Waals surface area contributed by atoms with E-state index in [-0.39, 0.29) is 23.1 Å². The fraction of sp³-hybridized carbons (Fsp3) is 0.269. The van der Waals surface area contributed by atoms with Gasteiger partial charge in [0, 0.05) is 18.7 Å². The van der Waals surface area contributed by atoms with Gasteiger partial charge in [0.1, 0.15) is 11.6 Å². The van der Waals surface area contributed by atoms with Crippen molar-refractivity contribution in [2.75, 3.05) is 32.9 Å². The average Bonchev–Trinajstić information content (AvgIpc) is 3.35. The number of hydrogen-bond acceptors (Lipinski definition) is 8. The SMILES string of the molecule is CCOc1cc([C@H]2C(C#N)=C(N)Oc3n[nH]c(-c4ccc(Cl)c(Cl)c4)c32)cc(Br)c1OC(=O)N1CCOCC1. The summed E-state index contributed by atoms with van der Waals surface area (Å²) in [5.74, 6) is -0.0151. The van der Waals surface area contributed by atoms with Crippen molar-refractivity contribution in [1.29, 1.82) is 5.26 Å². The summed E-state index contributed by atoms with van der Waals surface area (Å²) < 4.78 is 23.1. The number of benzene rings is 2. The van der Waals surface area contributed by atoms with Crippen LogP contribution in [0.25, 0.3) is 11.3 Å². The highest BCUT2D eigenvalue weighted by Gasteiger charge is 2.37. The fourth-order valence-electron chi connectivity index (χ4n) is 4.46. The number of H-pyrrole nitrogens is 1. The zero-order chi connectivity index (χ0) is 27.7. The largest absolute Gasteiger partial charge is 0.490 e. The third-order valence-corrected chi connectivity index (χ3v) is 7.60. The van der Waals surface area contributed by atoms with Crippen molar-refractivity contribution >= 4 is 45.2 Å². The lowest BCUT2D eigenvalue weighted by Crippen LogP contribution is -2.42. The van der Waals surface area contributed by atoms with Gasteiger partial charge in [-0.05, 0) is 52.7 Å². The van der Waals surface area contributed by atoms with Crippen LogP contribution >= 0.6 is 39.1 Å². The van der Waals surface area contributed by atoms with Crippen LogP contribution in [0.4, 0.5) is 4.79 Å². The molecule has 1 aromatic heterocycles. The number of carbonyl (C=O) groups excluding carboxylic acids is 1. The molecule has 2 aliphatic heterocycles. The molecule has 1 atom stereocenters. The number of rotatable bonds is 5. The topological polar surface area (TPSA) is 136 Å². The van der Waals surface area contributed by atoms with Crippen molar-refractivity contribution in [1.82, 2.24) is 15.1 Å². The second kappa shape index (κ2) is 11.4. The number of nitrogens with two attached hydrogens (primary N) is 1. The Hall–Kier alpha value is -3.43. The second-order valence-corrected chi connectivity index (χ2v) is 10.3. The van der Waals surface area contributed by atoms with E-state index >= 15 is 0 Å². The molecule has 0 unspecified atom stereocenters. The number of nitrogens with one attached hydrogen (secondary N) is 1. The van der Waals surface area contributed by atoms with Crippen LogP contribution in [0.15, 0.2) is 46.3 Å². The highest BCUT2D eigenvalue weighted by molar-refractivity contribution is 9.10. The van der Waals surface area contributed by atoms with Gasteiger partial charge in [0.2, 0.25) is 11.8 Å². The summed E-state index contributed by atoms with van der Waals surface area (Å²) in [6.45, 7) is 3.86. The number of halogens is 3. The highest BCUT2D eigenvalue weighted by atomic mass is 79.9. The fourth-order valence-corrected chi connectivity index (χ4v) is 5.30. The summed E-state index contributed by atoms with van der Waals surface area (Å²) in [5.41, 5.74) is 8.79. The molecule has 3 heterocycles. The lowest BCUT2D eigenvalue weighted by Gasteiger charge is -2.27. The molecule has 0 spiro atoms. The van der Waals surface area contributed by atoms with Crippen molar-refractivity contribution in [3.8, 4) is 34.7 Å². The van der Waals surface area contributed by atoms with E-state index in [1.165, 1.54) is 0 Å². The number of carbonyl (C=O) groups is 1. The molecule has 1 fully saturated rings. The first-order valence-corrected chi connectivity index (χ1v) is 13.5. The lowest BCUT2D eigenvalue weighted by molar-refractivity contribution is 0.0412. The molecule has 3 N–H and O–H groups in total. The summed E-state index contributed by atoms with van der Waals surface area (Å²) in [6, 6.07) is 10.8. The van der Waals surface area contributed by atoms with Gasteiger partial charge < -0.3 is 29.6 Å². The van der Waals surface area contributed by atoms with Gasteiger partial charge in [0.05, 0.1) is 51.5 Å². The van der Waals surface area contributed by atoms with Crippen LogP contribution in [0, 0.1) is 11.3 Å². The minimum absolute atomic E-state index is 0.0703. The predicted octanol–water partition coefficient (Wildman–Crippen LogP) is 5.59. The third kappa shape index (κ3) is 5.25. The molecule has 0 aliphatic carbocycles. The van der Waals surface area contributed by atoms with Crippen LogP contribution in [0.1, 0.15) is 24.0 Å². The van der Waals surface area contributed by atoms with Crippen LogP contribution in [0.3, 0.4) is 0 Å². The Morgan fingerprint density at radius 2 is 2.05 bits per heavy atom. The van der Waals surface area contributed by atoms with E-state index in [0.717, 1.165) is 0 Å². The molecule has 39 heavy (non-hydrogen) atoms. The number of nitriles is 1. The van der Waals surface area contributed by atoms with Crippen molar-refractivity contribution in [3.05, 3.63) is 67.4 Å². The van der Waals surface area contributed by atoms with Gasteiger partial charge in [-0.1, -0.05) is 29.3 Å². The van der Waals surface area contributed by atoms with E-state index in [1.807, 2.05) is 6.92 Å². The number of ether oxygens (including phenoxy) is 4. The molecule has 13 heteroatoms. The van der Waals surface area contributed by atoms with Crippen molar-refractivity contribution in [2.24, 2.45) is 5.73 Å². The number of amides is 1.